The summed E-state index contributed by atoms with van der Waals surface area (Å²) in [5.41, 5.74) is 0.974. The lowest BCUT2D eigenvalue weighted by Crippen LogP contribution is -2.12. The molecule has 1 N–H and O–H groups in total. The third-order valence-corrected chi connectivity index (χ3v) is 3.20. The third kappa shape index (κ3) is 3.22. The maximum absolute atomic E-state index is 12.0. The van der Waals surface area contributed by atoms with E-state index in [1.54, 1.807) is 36.5 Å². The Morgan fingerprint density at radius 2 is 1.89 bits per heavy atom. The number of pyridine rings is 1. The Kier molecular flexibility index (Phi) is 4.22. The number of hydrogen-bond donors (Lipinski definition) is 1. The minimum Gasteiger partial charge on any atom is -0.320 e. The second kappa shape index (κ2) is 5.69. The Morgan fingerprint density at radius 3 is 2.50 bits per heavy atom. The van der Waals surface area contributed by atoms with E-state index in [0.717, 1.165) is 0 Å². The first-order valence-corrected chi connectivity index (χ1v) is 6.49. The monoisotopic (exact) mass is 344 g/mol. The first-order valence-electron chi connectivity index (χ1n) is 4.94. The minimum absolute atomic E-state index is 0.298. The zero-order valence-corrected chi connectivity index (χ0v) is 12.1. The lowest BCUT2D eigenvalue weighted by Gasteiger charge is -2.07. The van der Waals surface area contributed by atoms with E-state index in [4.69, 9.17) is 23.2 Å². The number of aromatic nitrogens is 1. The van der Waals surface area contributed by atoms with Crippen LogP contribution in [0.2, 0.25) is 10.0 Å². The highest BCUT2D eigenvalue weighted by Gasteiger charge is 2.10. The fourth-order valence-electron chi connectivity index (χ4n) is 1.36. The molecule has 0 aliphatic carbocycles. The Bertz CT molecular complexity index is 584. The van der Waals surface area contributed by atoms with Gasteiger partial charge in [0.15, 0.2) is 0 Å². The average Bonchev–Trinajstić information content (AvgIpc) is 2.31. The molecule has 0 saturated heterocycles. The molecule has 92 valence electrons. The number of hydrogen-bond acceptors (Lipinski definition) is 2. The van der Waals surface area contributed by atoms with Crippen molar-refractivity contribution in [1.82, 2.24) is 4.98 Å². The van der Waals surface area contributed by atoms with E-state index < -0.39 is 0 Å². The fourth-order valence-corrected chi connectivity index (χ4v) is 2.23. The van der Waals surface area contributed by atoms with Gasteiger partial charge in [0.05, 0.1) is 5.69 Å². The molecule has 0 atom stereocenters. The Morgan fingerprint density at radius 1 is 1.22 bits per heavy atom. The Labute approximate surface area is 122 Å². The number of carbonyl (C=O) groups is 1. The molecule has 1 aromatic carbocycles. The van der Waals surface area contributed by atoms with Crippen LogP contribution in [-0.4, -0.2) is 10.9 Å². The number of rotatable bonds is 2. The molecular weight excluding hydrogens is 339 g/mol. The van der Waals surface area contributed by atoms with Gasteiger partial charge in [-0.1, -0.05) is 23.2 Å². The summed E-state index contributed by atoms with van der Waals surface area (Å²) in [4.78, 5) is 16.0. The van der Waals surface area contributed by atoms with Crippen molar-refractivity contribution in [1.29, 1.82) is 0 Å². The zero-order valence-electron chi connectivity index (χ0n) is 8.95. The number of anilines is 1. The highest BCUT2D eigenvalue weighted by molar-refractivity contribution is 9.10. The van der Waals surface area contributed by atoms with Gasteiger partial charge in [-0.05, 0) is 46.3 Å². The van der Waals surface area contributed by atoms with Crippen molar-refractivity contribution in [2.75, 3.05) is 5.32 Å². The van der Waals surface area contributed by atoms with Gasteiger partial charge in [-0.15, -0.1) is 0 Å². The second-order valence-corrected chi connectivity index (χ2v) is 5.08. The van der Waals surface area contributed by atoms with Crippen LogP contribution in [0, 0.1) is 0 Å². The molecule has 1 heterocycles. The molecule has 3 nitrogen and oxygen atoms in total. The summed E-state index contributed by atoms with van der Waals surface area (Å²) < 4.78 is 0.562. The van der Waals surface area contributed by atoms with Crippen LogP contribution in [0.1, 0.15) is 10.4 Å². The van der Waals surface area contributed by atoms with Gasteiger partial charge in [-0.25, -0.2) is 4.98 Å². The number of amides is 1. The van der Waals surface area contributed by atoms with E-state index in [-0.39, 0.29) is 5.91 Å². The van der Waals surface area contributed by atoms with Crippen LogP contribution in [0.5, 0.6) is 0 Å². The van der Waals surface area contributed by atoms with E-state index >= 15 is 0 Å². The van der Waals surface area contributed by atoms with Crippen LogP contribution in [-0.2, 0) is 0 Å². The molecule has 6 heteroatoms. The topological polar surface area (TPSA) is 42.0 Å². The summed E-state index contributed by atoms with van der Waals surface area (Å²) in [6.45, 7) is 0. The zero-order chi connectivity index (χ0) is 13.1. The Hall–Kier alpha value is -1.10. The number of halogens is 3. The van der Waals surface area contributed by atoms with Crippen LogP contribution < -0.4 is 5.32 Å². The van der Waals surface area contributed by atoms with Crippen molar-refractivity contribution >= 4 is 50.7 Å². The standard InChI is InChI=1S/C12H7BrCl2N2O/c13-11-10(2-1-3-16-11)17-12(18)7-4-8(14)6-9(15)5-7/h1-6H,(H,17,18). The van der Waals surface area contributed by atoms with Crippen LogP contribution >= 0.6 is 39.1 Å². The molecule has 0 bridgehead atoms. The summed E-state index contributed by atoms with van der Waals surface area (Å²) in [6, 6.07) is 8.13. The number of nitrogens with one attached hydrogen (secondary N) is 1. The van der Waals surface area contributed by atoms with Crippen LogP contribution in [0.15, 0.2) is 41.1 Å². The van der Waals surface area contributed by atoms with Crippen LogP contribution in [0.25, 0.3) is 0 Å². The van der Waals surface area contributed by atoms with Crippen molar-refractivity contribution in [2.24, 2.45) is 0 Å². The SMILES string of the molecule is O=C(Nc1cccnc1Br)c1cc(Cl)cc(Cl)c1. The predicted octanol–water partition coefficient (Wildman–Crippen LogP) is 4.40. The van der Waals surface area contributed by atoms with E-state index in [0.29, 0.717) is 25.9 Å². The van der Waals surface area contributed by atoms with Crippen molar-refractivity contribution in [2.45, 2.75) is 0 Å². The maximum atomic E-state index is 12.0. The van der Waals surface area contributed by atoms with Crippen LogP contribution in [0.3, 0.4) is 0 Å². The van der Waals surface area contributed by atoms with E-state index in [1.807, 2.05) is 0 Å². The lowest BCUT2D eigenvalue weighted by molar-refractivity contribution is 0.102. The molecule has 0 aliphatic heterocycles. The quantitative estimate of drug-likeness (QED) is 0.819. The molecule has 0 aliphatic rings. The van der Waals surface area contributed by atoms with Gasteiger partial charge in [0, 0.05) is 21.8 Å². The van der Waals surface area contributed by atoms with Gasteiger partial charge < -0.3 is 5.32 Å². The highest BCUT2D eigenvalue weighted by atomic mass is 79.9. The predicted molar refractivity (Wildman–Crippen MR) is 76.4 cm³/mol. The van der Waals surface area contributed by atoms with Gasteiger partial charge in [0.25, 0.3) is 5.91 Å². The molecule has 1 amide bonds. The molecule has 0 saturated carbocycles. The summed E-state index contributed by atoms with van der Waals surface area (Å²) in [5, 5.41) is 3.54. The molecule has 2 aromatic rings. The van der Waals surface area contributed by atoms with Crippen LogP contribution in [0.4, 0.5) is 5.69 Å². The minimum atomic E-state index is -0.298. The number of carbonyl (C=O) groups excluding carboxylic acids is 1. The van der Waals surface area contributed by atoms with Gasteiger partial charge in [0.2, 0.25) is 0 Å². The summed E-state index contributed by atoms with van der Waals surface area (Å²) >= 11 is 14.9. The van der Waals surface area contributed by atoms with Gasteiger partial charge in [-0.2, -0.15) is 0 Å². The molecule has 1 aromatic heterocycles. The van der Waals surface area contributed by atoms with Crippen molar-refractivity contribution < 1.29 is 4.79 Å². The summed E-state index contributed by atoms with van der Waals surface area (Å²) in [7, 11) is 0. The molecule has 18 heavy (non-hydrogen) atoms. The summed E-state index contributed by atoms with van der Waals surface area (Å²) in [6.07, 6.45) is 1.62. The van der Waals surface area contributed by atoms with E-state index in [1.165, 1.54) is 0 Å². The van der Waals surface area contributed by atoms with E-state index in [2.05, 4.69) is 26.2 Å². The molecule has 0 unspecified atom stereocenters. The molecular formula is C12H7BrCl2N2O. The molecule has 0 radical (unpaired) electrons. The first kappa shape index (κ1) is 13.3. The normalized spacial score (nSPS) is 10.2. The number of nitrogens with zero attached hydrogens (tertiary/aromatic N) is 1. The summed E-state index contributed by atoms with van der Waals surface area (Å²) in [5.74, 6) is -0.298. The lowest BCUT2D eigenvalue weighted by atomic mass is 10.2. The second-order valence-electron chi connectivity index (χ2n) is 3.45. The first-order chi connectivity index (χ1) is 8.56. The molecule has 0 spiro atoms. The largest absolute Gasteiger partial charge is 0.320 e. The molecule has 2 rings (SSSR count). The van der Waals surface area contributed by atoms with Crippen molar-refractivity contribution in [3.05, 3.63) is 56.7 Å². The van der Waals surface area contributed by atoms with Crippen molar-refractivity contribution in [3.63, 3.8) is 0 Å². The van der Waals surface area contributed by atoms with Gasteiger partial charge >= 0.3 is 0 Å². The smallest absolute Gasteiger partial charge is 0.255 e. The third-order valence-electron chi connectivity index (χ3n) is 2.13. The van der Waals surface area contributed by atoms with Crippen molar-refractivity contribution in [3.8, 4) is 0 Å². The Balaban J connectivity index is 2.25. The number of benzene rings is 1. The van der Waals surface area contributed by atoms with E-state index in [9.17, 15) is 4.79 Å². The van der Waals surface area contributed by atoms with Gasteiger partial charge in [-0.3, -0.25) is 4.79 Å². The molecule has 0 fully saturated rings. The highest BCUT2D eigenvalue weighted by Crippen LogP contribution is 2.22. The maximum Gasteiger partial charge on any atom is 0.255 e. The van der Waals surface area contributed by atoms with Gasteiger partial charge in [0.1, 0.15) is 4.60 Å². The fraction of sp³-hybridized carbons (Fsp3) is 0. The average molecular weight is 346 g/mol.